The van der Waals surface area contributed by atoms with Crippen LogP contribution in [0.4, 0.5) is 0 Å². The Bertz CT molecular complexity index is 238. The molecule has 1 aliphatic carbocycles. The van der Waals surface area contributed by atoms with Gasteiger partial charge in [0.15, 0.2) is 0 Å². The molecule has 1 amide bonds. The number of nitrogens with one attached hydrogen (secondary N) is 2. The van der Waals surface area contributed by atoms with Crippen LogP contribution in [-0.4, -0.2) is 49.6 Å². The zero-order valence-corrected chi connectivity index (χ0v) is 9.04. The van der Waals surface area contributed by atoms with Gasteiger partial charge in [-0.05, 0) is 12.8 Å². The summed E-state index contributed by atoms with van der Waals surface area (Å²) in [6.45, 7) is 4.52. The van der Waals surface area contributed by atoms with Gasteiger partial charge >= 0.3 is 0 Å². The van der Waals surface area contributed by atoms with Crippen LogP contribution in [0, 0.1) is 0 Å². The summed E-state index contributed by atoms with van der Waals surface area (Å²) in [5.74, 6) is 0.172. The Morgan fingerprint density at radius 3 is 2.67 bits per heavy atom. The molecule has 84 valence electrons. The molecule has 1 aliphatic heterocycles. The van der Waals surface area contributed by atoms with Crippen molar-refractivity contribution in [2.24, 2.45) is 0 Å². The molecule has 4 nitrogen and oxygen atoms in total. The monoisotopic (exact) mass is 209 g/mol. The Balaban J connectivity index is 1.67. The second kappa shape index (κ2) is 5.28. The van der Waals surface area contributed by atoms with E-state index < -0.39 is 0 Å². The van der Waals surface area contributed by atoms with Crippen LogP contribution < -0.4 is 10.6 Å². The van der Waals surface area contributed by atoms with Gasteiger partial charge in [0.2, 0.25) is 5.91 Å². The molecule has 4 heteroatoms. The van der Waals surface area contributed by atoms with E-state index in [0.29, 0.717) is 12.6 Å². The molecule has 2 N–H and O–H groups in total. The SMILES string of the molecule is O=C(CN1CCNCC1)NC1CC=CC1. The second-order valence-corrected chi connectivity index (χ2v) is 4.23. The number of rotatable bonds is 3. The maximum Gasteiger partial charge on any atom is 0.234 e. The van der Waals surface area contributed by atoms with E-state index >= 15 is 0 Å². The van der Waals surface area contributed by atoms with E-state index in [0.717, 1.165) is 39.0 Å². The van der Waals surface area contributed by atoms with Crippen molar-refractivity contribution in [3.8, 4) is 0 Å². The van der Waals surface area contributed by atoms with Crippen LogP contribution in [0.5, 0.6) is 0 Å². The van der Waals surface area contributed by atoms with Crippen molar-refractivity contribution < 1.29 is 4.79 Å². The highest BCUT2D eigenvalue weighted by Gasteiger charge is 2.16. The van der Waals surface area contributed by atoms with Crippen LogP contribution in [0.25, 0.3) is 0 Å². The summed E-state index contributed by atoms with van der Waals surface area (Å²) in [5.41, 5.74) is 0. The lowest BCUT2D eigenvalue weighted by Crippen LogP contribution is -2.48. The molecule has 0 aromatic rings. The van der Waals surface area contributed by atoms with E-state index in [9.17, 15) is 4.79 Å². The fourth-order valence-corrected chi connectivity index (χ4v) is 2.08. The van der Waals surface area contributed by atoms with E-state index in [-0.39, 0.29) is 5.91 Å². The Kier molecular flexibility index (Phi) is 3.75. The largest absolute Gasteiger partial charge is 0.352 e. The quantitative estimate of drug-likeness (QED) is 0.629. The van der Waals surface area contributed by atoms with Gasteiger partial charge in [-0.15, -0.1) is 0 Å². The molecule has 0 aromatic heterocycles. The van der Waals surface area contributed by atoms with E-state index in [2.05, 4.69) is 27.7 Å². The molecule has 1 fully saturated rings. The summed E-state index contributed by atoms with van der Waals surface area (Å²) in [7, 11) is 0. The van der Waals surface area contributed by atoms with Gasteiger partial charge in [-0.1, -0.05) is 12.2 Å². The van der Waals surface area contributed by atoms with Crippen LogP contribution in [0.15, 0.2) is 12.2 Å². The van der Waals surface area contributed by atoms with Crippen LogP contribution in [0.3, 0.4) is 0 Å². The van der Waals surface area contributed by atoms with Gasteiger partial charge in [0.1, 0.15) is 0 Å². The highest BCUT2D eigenvalue weighted by Crippen LogP contribution is 2.08. The van der Waals surface area contributed by atoms with Crippen molar-refractivity contribution in [1.82, 2.24) is 15.5 Å². The first kappa shape index (κ1) is 10.6. The van der Waals surface area contributed by atoms with Crippen LogP contribution >= 0.6 is 0 Å². The maximum absolute atomic E-state index is 11.7. The molecule has 0 spiro atoms. The van der Waals surface area contributed by atoms with E-state index in [4.69, 9.17) is 0 Å². The molecule has 0 bridgehead atoms. The molecule has 0 atom stereocenters. The molecule has 0 aromatic carbocycles. The molecule has 15 heavy (non-hydrogen) atoms. The smallest absolute Gasteiger partial charge is 0.234 e. The highest BCUT2D eigenvalue weighted by atomic mass is 16.2. The Morgan fingerprint density at radius 2 is 2.00 bits per heavy atom. The third-order valence-electron chi connectivity index (χ3n) is 2.95. The van der Waals surface area contributed by atoms with Gasteiger partial charge in [0.25, 0.3) is 0 Å². The number of carbonyl (C=O) groups excluding carboxylic acids is 1. The van der Waals surface area contributed by atoms with E-state index in [1.54, 1.807) is 0 Å². The normalized spacial score (nSPS) is 23.2. The van der Waals surface area contributed by atoms with Crippen LogP contribution in [0.2, 0.25) is 0 Å². The van der Waals surface area contributed by atoms with Gasteiger partial charge < -0.3 is 10.6 Å². The predicted octanol–water partition coefficient (Wildman–Crippen LogP) is -0.274. The summed E-state index contributed by atoms with van der Waals surface area (Å²) in [5, 5.41) is 6.34. The topological polar surface area (TPSA) is 44.4 Å². The van der Waals surface area contributed by atoms with Gasteiger partial charge in [-0.3, -0.25) is 9.69 Å². The number of piperazine rings is 1. The molecule has 1 saturated heterocycles. The third-order valence-corrected chi connectivity index (χ3v) is 2.95. The minimum absolute atomic E-state index is 0.172. The molecule has 0 saturated carbocycles. The first-order valence-corrected chi connectivity index (χ1v) is 5.72. The Hall–Kier alpha value is -0.870. The molecule has 1 heterocycles. The average Bonchev–Trinajstić information content (AvgIpc) is 2.71. The van der Waals surface area contributed by atoms with Crippen molar-refractivity contribution in [1.29, 1.82) is 0 Å². The number of carbonyl (C=O) groups is 1. The van der Waals surface area contributed by atoms with Gasteiger partial charge in [-0.2, -0.15) is 0 Å². The molecule has 0 unspecified atom stereocenters. The predicted molar refractivity (Wildman–Crippen MR) is 59.6 cm³/mol. The standard InChI is InChI=1S/C11H19N3O/c15-11(13-10-3-1-2-4-10)9-14-7-5-12-6-8-14/h1-2,10,12H,3-9H2,(H,13,15). The number of nitrogens with zero attached hydrogens (tertiary/aromatic N) is 1. The Labute approximate surface area is 90.7 Å². The van der Waals surface area contributed by atoms with Crippen LogP contribution in [-0.2, 0) is 4.79 Å². The number of hydrogen-bond acceptors (Lipinski definition) is 3. The van der Waals surface area contributed by atoms with Gasteiger partial charge in [0.05, 0.1) is 6.54 Å². The second-order valence-electron chi connectivity index (χ2n) is 4.23. The maximum atomic E-state index is 11.7. The summed E-state index contributed by atoms with van der Waals surface area (Å²) in [6.07, 6.45) is 6.26. The summed E-state index contributed by atoms with van der Waals surface area (Å²) in [6, 6.07) is 0.348. The number of hydrogen-bond donors (Lipinski definition) is 2. The van der Waals surface area contributed by atoms with E-state index in [1.165, 1.54) is 0 Å². The minimum Gasteiger partial charge on any atom is -0.352 e. The lowest BCUT2D eigenvalue weighted by atomic mass is 10.2. The van der Waals surface area contributed by atoms with Crippen molar-refractivity contribution in [3.63, 3.8) is 0 Å². The first-order chi connectivity index (χ1) is 7.34. The fraction of sp³-hybridized carbons (Fsp3) is 0.727. The minimum atomic E-state index is 0.172. The summed E-state index contributed by atoms with van der Waals surface area (Å²) < 4.78 is 0. The summed E-state index contributed by atoms with van der Waals surface area (Å²) >= 11 is 0. The van der Waals surface area contributed by atoms with E-state index in [1.807, 2.05) is 0 Å². The van der Waals surface area contributed by atoms with Crippen molar-refractivity contribution in [3.05, 3.63) is 12.2 Å². The lowest BCUT2D eigenvalue weighted by Gasteiger charge is -2.27. The third kappa shape index (κ3) is 3.32. The zero-order valence-electron chi connectivity index (χ0n) is 9.04. The number of amides is 1. The lowest BCUT2D eigenvalue weighted by molar-refractivity contribution is -0.123. The Morgan fingerprint density at radius 1 is 1.33 bits per heavy atom. The molecular weight excluding hydrogens is 190 g/mol. The molecule has 2 rings (SSSR count). The average molecular weight is 209 g/mol. The van der Waals surface area contributed by atoms with Crippen molar-refractivity contribution in [2.75, 3.05) is 32.7 Å². The van der Waals surface area contributed by atoms with Gasteiger partial charge in [-0.25, -0.2) is 0 Å². The highest BCUT2D eigenvalue weighted by molar-refractivity contribution is 5.78. The molecule has 2 aliphatic rings. The first-order valence-electron chi connectivity index (χ1n) is 5.72. The fourth-order valence-electron chi connectivity index (χ4n) is 2.08. The zero-order chi connectivity index (χ0) is 10.5. The molecular formula is C11H19N3O. The van der Waals surface area contributed by atoms with Gasteiger partial charge in [0, 0.05) is 32.2 Å². The van der Waals surface area contributed by atoms with Crippen molar-refractivity contribution >= 4 is 5.91 Å². The molecule has 0 radical (unpaired) electrons. The van der Waals surface area contributed by atoms with Crippen molar-refractivity contribution in [2.45, 2.75) is 18.9 Å². The summed E-state index contributed by atoms with van der Waals surface area (Å²) in [4.78, 5) is 13.9. The van der Waals surface area contributed by atoms with Crippen LogP contribution in [0.1, 0.15) is 12.8 Å².